The summed E-state index contributed by atoms with van der Waals surface area (Å²) < 4.78 is 1.80. The van der Waals surface area contributed by atoms with E-state index in [0.717, 1.165) is 35.9 Å². The van der Waals surface area contributed by atoms with Gasteiger partial charge in [-0.1, -0.05) is 46.2 Å². The zero-order chi connectivity index (χ0) is 15.8. The number of aryl methyl sites for hydroxylation is 2. The molecule has 0 aliphatic carbocycles. The Morgan fingerprint density at radius 2 is 1.71 bits per heavy atom. The van der Waals surface area contributed by atoms with Crippen LogP contribution in [0.5, 0.6) is 0 Å². The van der Waals surface area contributed by atoms with E-state index >= 15 is 0 Å². The summed E-state index contributed by atoms with van der Waals surface area (Å²) in [5, 5.41) is 5.02. The average Bonchev–Trinajstić information content (AvgIpc) is 2.83. The fourth-order valence-electron chi connectivity index (χ4n) is 1.96. The van der Waals surface area contributed by atoms with Gasteiger partial charge in [0.1, 0.15) is 16.8 Å². The lowest BCUT2D eigenvalue weighted by molar-refractivity contribution is 0.540. The smallest absolute Gasteiger partial charge is 0.163 e. The summed E-state index contributed by atoms with van der Waals surface area (Å²) in [5.41, 5.74) is 0.652. The van der Waals surface area contributed by atoms with Crippen molar-refractivity contribution in [1.82, 2.24) is 24.7 Å². The first kappa shape index (κ1) is 15.9. The van der Waals surface area contributed by atoms with Crippen molar-refractivity contribution in [2.24, 2.45) is 0 Å². The van der Waals surface area contributed by atoms with E-state index in [2.05, 4.69) is 42.8 Å². The third-order valence-corrected chi connectivity index (χ3v) is 3.65. The molecule has 0 aliphatic heterocycles. The van der Waals surface area contributed by atoms with Crippen LogP contribution in [0, 0.1) is 6.92 Å². The molecule has 0 radical (unpaired) electrons. The van der Waals surface area contributed by atoms with Gasteiger partial charge in [-0.3, -0.25) is 0 Å². The number of nitrogens with zero attached hydrogens (tertiary/aromatic N) is 5. The maximum absolute atomic E-state index is 6.30. The first-order valence-electron chi connectivity index (χ1n) is 7.27. The quantitative estimate of drug-likeness (QED) is 0.815. The zero-order valence-electron chi connectivity index (χ0n) is 13.5. The first-order valence-corrected chi connectivity index (χ1v) is 7.65. The van der Waals surface area contributed by atoms with Gasteiger partial charge in [0, 0.05) is 23.8 Å². The molecule has 0 unspecified atom stereocenters. The standard InChI is InChI=1S/C15H22ClN5/c1-7-10-17-11(8-2)21(20-10)13-9(3)12(16)18-14(19-13)15(4,5)6/h7-8H2,1-6H3. The van der Waals surface area contributed by atoms with Gasteiger partial charge in [-0.05, 0) is 6.92 Å². The highest BCUT2D eigenvalue weighted by Gasteiger charge is 2.23. The molecule has 0 aromatic carbocycles. The van der Waals surface area contributed by atoms with Gasteiger partial charge in [-0.2, -0.15) is 4.68 Å². The normalized spacial score (nSPS) is 12.0. The maximum Gasteiger partial charge on any atom is 0.163 e. The van der Waals surface area contributed by atoms with Gasteiger partial charge in [0.15, 0.2) is 11.6 Å². The van der Waals surface area contributed by atoms with Gasteiger partial charge >= 0.3 is 0 Å². The van der Waals surface area contributed by atoms with Crippen molar-refractivity contribution in [2.75, 3.05) is 0 Å². The molecule has 114 valence electrons. The summed E-state index contributed by atoms with van der Waals surface area (Å²) in [6, 6.07) is 0. The Balaban J connectivity index is 2.68. The van der Waals surface area contributed by atoms with Crippen LogP contribution in [0.2, 0.25) is 5.15 Å². The van der Waals surface area contributed by atoms with E-state index in [1.165, 1.54) is 0 Å². The number of hydrogen-bond acceptors (Lipinski definition) is 4. The van der Waals surface area contributed by atoms with Crippen LogP contribution in [0.4, 0.5) is 0 Å². The molecule has 0 aliphatic rings. The molecule has 21 heavy (non-hydrogen) atoms. The van der Waals surface area contributed by atoms with Crippen LogP contribution in [0.15, 0.2) is 0 Å². The Morgan fingerprint density at radius 1 is 1.05 bits per heavy atom. The summed E-state index contributed by atoms with van der Waals surface area (Å²) in [4.78, 5) is 13.6. The Morgan fingerprint density at radius 3 is 2.24 bits per heavy atom. The van der Waals surface area contributed by atoms with Crippen LogP contribution in [0.3, 0.4) is 0 Å². The van der Waals surface area contributed by atoms with Gasteiger partial charge < -0.3 is 0 Å². The molecule has 0 atom stereocenters. The summed E-state index contributed by atoms with van der Waals surface area (Å²) >= 11 is 6.30. The van der Waals surface area contributed by atoms with E-state index in [-0.39, 0.29) is 5.41 Å². The Hall–Kier alpha value is -1.49. The molecular weight excluding hydrogens is 286 g/mol. The Kier molecular flexibility index (Phi) is 4.33. The van der Waals surface area contributed by atoms with Crippen molar-refractivity contribution in [3.8, 4) is 5.82 Å². The summed E-state index contributed by atoms with van der Waals surface area (Å²) in [6.07, 6.45) is 1.59. The van der Waals surface area contributed by atoms with Crippen molar-refractivity contribution in [3.05, 3.63) is 28.2 Å². The van der Waals surface area contributed by atoms with Crippen molar-refractivity contribution in [2.45, 2.75) is 59.8 Å². The third-order valence-electron chi connectivity index (χ3n) is 3.28. The van der Waals surface area contributed by atoms with Gasteiger partial charge in [-0.25, -0.2) is 15.0 Å². The lowest BCUT2D eigenvalue weighted by Crippen LogP contribution is -2.19. The molecule has 2 rings (SSSR count). The molecule has 6 heteroatoms. The third kappa shape index (κ3) is 3.07. The van der Waals surface area contributed by atoms with Crippen molar-refractivity contribution < 1.29 is 0 Å². The van der Waals surface area contributed by atoms with Crippen molar-refractivity contribution in [3.63, 3.8) is 0 Å². The van der Waals surface area contributed by atoms with E-state index < -0.39 is 0 Å². The predicted octanol–water partition coefficient (Wildman–Crippen LogP) is 3.44. The molecule has 2 aromatic rings. The van der Waals surface area contributed by atoms with Gasteiger partial charge in [0.05, 0.1) is 0 Å². The molecule has 2 aromatic heterocycles. The van der Waals surface area contributed by atoms with Gasteiger partial charge in [-0.15, -0.1) is 5.10 Å². The molecular formula is C15H22ClN5. The second kappa shape index (κ2) is 5.72. The monoisotopic (exact) mass is 307 g/mol. The van der Waals surface area contributed by atoms with Crippen LogP contribution in [0.1, 0.15) is 57.7 Å². The SMILES string of the molecule is CCc1nc(CC)n(-c2nc(C(C)(C)C)nc(Cl)c2C)n1. The molecule has 0 fully saturated rings. The summed E-state index contributed by atoms with van der Waals surface area (Å²) in [5.74, 6) is 3.15. The predicted molar refractivity (Wildman–Crippen MR) is 84.2 cm³/mol. The van der Waals surface area contributed by atoms with Crippen LogP contribution in [-0.4, -0.2) is 24.7 Å². The van der Waals surface area contributed by atoms with E-state index in [1.54, 1.807) is 4.68 Å². The molecule has 5 nitrogen and oxygen atoms in total. The molecule has 0 spiro atoms. The lowest BCUT2D eigenvalue weighted by atomic mass is 9.95. The number of aromatic nitrogens is 5. The molecule has 0 bridgehead atoms. The molecule has 0 saturated carbocycles. The number of halogens is 1. The minimum atomic E-state index is -0.174. The minimum Gasteiger partial charge on any atom is -0.220 e. The van der Waals surface area contributed by atoms with Crippen LogP contribution < -0.4 is 0 Å². The number of hydrogen-bond donors (Lipinski definition) is 0. The first-order chi connectivity index (χ1) is 9.77. The van der Waals surface area contributed by atoms with E-state index in [4.69, 9.17) is 16.6 Å². The van der Waals surface area contributed by atoms with E-state index in [0.29, 0.717) is 11.0 Å². The van der Waals surface area contributed by atoms with Crippen LogP contribution >= 0.6 is 11.6 Å². The highest BCUT2D eigenvalue weighted by molar-refractivity contribution is 6.30. The number of rotatable bonds is 3. The lowest BCUT2D eigenvalue weighted by Gasteiger charge is -2.19. The molecule has 0 amide bonds. The van der Waals surface area contributed by atoms with E-state index in [1.807, 2.05) is 13.8 Å². The summed E-state index contributed by atoms with van der Waals surface area (Å²) in [6.45, 7) is 12.2. The van der Waals surface area contributed by atoms with E-state index in [9.17, 15) is 0 Å². The molecule has 0 saturated heterocycles. The zero-order valence-corrected chi connectivity index (χ0v) is 14.3. The van der Waals surface area contributed by atoms with Gasteiger partial charge in [0.25, 0.3) is 0 Å². The Bertz CT molecular complexity index is 655. The minimum absolute atomic E-state index is 0.174. The summed E-state index contributed by atoms with van der Waals surface area (Å²) in [7, 11) is 0. The molecule has 2 heterocycles. The maximum atomic E-state index is 6.30. The highest BCUT2D eigenvalue weighted by atomic mass is 35.5. The fraction of sp³-hybridized carbons (Fsp3) is 0.600. The van der Waals surface area contributed by atoms with Crippen LogP contribution in [0.25, 0.3) is 5.82 Å². The van der Waals surface area contributed by atoms with Crippen molar-refractivity contribution >= 4 is 11.6 Å². The van der Waals surface area contributed by atoms with Crippen LogP contribution in [-0.2, 0) is 18.3 Å². The highest BCUT2D eigenvalue weighted by Crippen LogP contribution is 2.25. The molecule has 0 N–H and O–H groups in total. The van der Waals surface area contributed by atoms with Gasteiger partial charge in [0.2, 0.25) is 0 Å². The largest absolute Gasteiger partial charge is 0.220 e. The second-order valence-electron chi connectivity index (χ2n) is 6.10. The van der Waals surface area contributed by atoms with Crippen molar-refractivity contribution in [1.29, 1.82) is 0 Å². The second-order valence-corrected chi connectivity index (χ2v) is 6.46. The topological polar surface area (TPSA) is 56.5 Å². The fourth-order valence-corrected chi connectivity index (χ4v) is 2.12. The average molecular weight is 308 g/mol. The Labute approximate surface area is 130 Å².